The molecule has 0 spiro atoms. The lowest BCUT2D eigenvalue weighted by Crippen LogP contribution is -2.34. The van der Waals surface area contributed by atoms with Gasteiger partial charge in [-0.05, 0) is 18.2 Å². The molecule has 2 amide bonds. The van der Waals surface area contributed by atoms with Gasteiger partial charge < -0.3 is 15.2 Å². The number of benzene rings is 2. The van der Waals surface area contributed by atoms with Gasteiger partial charge in [-0.25, -0.2) is 8.78 Å². The highest BCUT2D eigenvalue weighted by atomic mass is 19.2. The van der Waals surface area contributed by atoms with Crippen LogP contribution in [-0.4, -0.2) is 35.3 Å². The van der Waals surface area contributed by atoms with Crippen LogP contribution in [0.4, 0.5) is 14.5 Å². The van der Waals surface area contributed by atoms with Gasteiger partial charge in [0.05, 0.1) is 12.1 Å². The second-order valence-electron chi connectivity index (χ2n) is 5.59. The van der Waals surface area contributed by atoms with Gasteiger partial charge in [0.15, 0.2) is 11.6 Å². The van der Waals surface area contributed by atoms with Crippen molar-refractivity contribution in [2.75, 3.05) is 18.9 Å². The maximum Gasteiger partial charge on any atom is 0.256 e. The standard InChI is InChI=1S/C18H15F2N3O2/c1-23(10-17(24)22-11-6-7-14(19)15(20)8-11)18(25)13-9-21-16-5-3-2-4-12(13)16/h2-9,21H,10H2,1H3,(H,22,24). The molecular formula is C18H15F2N3O2. The highest BCUT2D eigenvalue weighted by molar-refractivity contribution is 6.08. The fourth-order valence-corrected chi connectivity index (χ4v) is 2.52. The monoisotopic (exact) mass is 343 g/mol. The molecular weight excluding hydrogens is 328 g/mol. The number of fused-ring (bicyclic) bond motifs is 1. The minimum absolute atomic E-state index is 0.122. The van der Waals surface area contributed by atoms with Crippen molar-refractivity contribution in [2.45, 2.75) is 0 Å². The summed E-state index contributed by atoms with van der Waals surface area (Å²) < 4.78 is 26.1. The maximum atomic E-state index is 13.2. The van der Waals surface area contributed by atoms with E-state index >= 15 is 0 Å². The Morgan fingerprint density at radius 3 is 2.64 bits per heavy atom. The van der Waals surface area contributed by atoms with Crippen molar-refractivity contribution in [3.63, 3.8) is 0 Å². The molecule has 0 saturated carbocycles. The van der Waals surface area contributed by atoms with Crippen molar-refractivity contribution >= 4 is 28.4 Å². The molecule has 0 aliphatic rings. The van der Waals surface area contributed by atoms with E-state index in [2.05, 4.69) is 10.3 Å². The number of carbonyl (C=O) groups excluding carboxylic acids is 2. The molecule has 0 saturated heterocycles. The highest BCUT2D eigenvalue weighted by Gasteiger charge is 2.18. The number of hydrogen-bond acceptors (Lipinski definition) is 2. The Morgan fingerprint density at radius 2 is 1.88 bits per heavy atom. The van der Waals surface area contributed by atoms with Gasteiger partial charge in [-0.15, -0.1) is 0 Å². The van der Waals surface area contributed by atoms with E-state index in [1.54, 1.807) is 6.20 Å². The third kappa shape index (κ3) is 3.50. The summed E-state index contributed by atoms with van der Waals surface area (Å²) in [4.78, 5) is 28.8. The molecule has 5 nitrogen and oxygen atoms in total. The van der Waals surface area contributed by atoms with Crippen LogP contribution in [0.5, 0.6) is 0 Å². The summed E-state index contributed by atoms with van der Waals surface area (Å²) in [6.45, 7) is -0.225. The molecule has 2 N–H and O–H groups in total. The van der Waals surface area contributed by atoms with Crippen LogP contribution in [0, 0.1) is 11.6 Å². The maximum absolute atomic E-state index is 13.2. The van der Waals surface area contributed by atoms with Crippen LogP contribution in [0.3, 0.4) is 0 Å². The number of likely N-dealkylation sites (N-methyl/N-ethyl adjacent to an activating group) is 1. The van der Waals surface area contributed by atoms with Crippen LogP contribution in [0.1, 0.15) is 10.4 Å². The van der Waals surface area contributed by atoms with Crippen LogP contribution < -0.4 is 5.32 Å². The largest absolute Gasteiger partial charge is 0.360 e. The van der Waals surface area contributed by atoms with Gasteiger partial charge in [0, 0.05) is 35.9 Å². The Hall–Kier alpha value is -3.22. The lowest BCUT2D eigenvalue weighted by atomic mass is 10.1. The summed E-state index contributed by atoms with van der Waals surface area (Å²) in [5, 5.41) is 3.20. The van der Waals surface area contributed by atoms with Crippen molar-refractivity contribution in [3.8, 4) is 0 Å². The van der Waals surface area contributed by atoms with Gasteiger partial charge in [0.1, 0.15) is 0 Å². The minimum atomic E-state index is -1.05. The molecule has 25 heavy (non-hydrogen) atoms. The molecule has 0 unspecified atom stereocenters. The molecule has 2 aromatic carbocycles. The number of H-pyrrole nitrogens is 1. The fraction of sp³-hybridized carbons (Fsp3) is 0.111. The van der Waals surface area contributed by atoms with E-state index in [0.717, 1.165) is 23.0 Å². The normalized spacial score (nSPS) is 10.7. The number of carbonyl (C=O) groups is 2. The minimum Gasteiger partial charge on any atom is -0.360 e. The predicted octanol–water partition coefficient (Wildman–Crippen LogP) is 3.16. The van der Waals surface area contributed by atoms with Crippen molar-refractivity contribution in [3.05, 3.63) is 65.9 Å². The number of nitrogens with zero attached hydrogens (tertiary/aromatic N) is 1. The fourth-order valence-electron chi connectivity index (χ4n) is 2.52. The number of aromatic amines is 1. The van der Waals surface area contributed by atoms with Crippen molar-refractivity contribution in [2.24, 2.45) is 0 Å². The number of aromatic nitrogens is 1. The molecule has 0 radical (unpaired) electrons. The van der Waals surface area contributed by atoms with E-state index in [-0.39, 0.29) is 18.1 Å². The number of halogens is 2. The van der Waals surface area contributed by atoms with Crippen LogP contribution in [0.2, 0.25) is 0 Å². The average molecular weight is 343 g/mol. The SMILES string of the molecule is CN(CC(=O)Nc1ccc(F)c(F)c1)C(=O)c1c[nH]c2ccccc12. The summed E-state index contributed by atoms with van der Waals surface area (Å²) in [7, 11) is 1.49. The molecule has 0 bridgehead atoms. The van der Waals surface area contributed by atoms with E-state index in [4.69, 9.17) is 0 Å². The first-order valence-electron chi connectivity index (χ1n) is 7.52. The summed E-state index contributed by atoms with van der Waals surface area (Å²) >= 11 is 0. The van der Waals surface area contributed by atoms with E-state index in [1.165, 1.54) is 18.0 Å². The summed E-state index contributed by atoms with van der Waals surface area (Å²) in [6.07, 6.45) is 1.59. The molecule has 3 aromatic rings. The van der Waals surface area contributed by atoms with Crippen LogP contribution >= 0.6 is 0 Å². The Kier molecular flexibility index (Phi) is 4.47. The first-order valence-corrected chi connectivity index (χ1v) is 7.52. The number of nitrogens with one attached hydrogen (secondary N) is 2. The Balaban J connectivity index is 1.68. The average Bonchev–Trinajstić information content (AvgIpc) is 3.01. The molecule has 0 atom stereocenters. The molecule has 7 heteroatoms. The highest BCUT2D eigenvalue weighted by Crippen LogP contribution is 2.19. The molecule has 0 aliphatic carbocycles. The van der Waals surface area contributed by atoms with E-state index in [0.29, 0.717) is 5.56 Å². The second-order valence-corrected chi connectivity index (χ2v) is 5.59. The molecule has 0 aliphatic heterocycles. The zero-order valence-electron chi connectivity index (χ0n) is 13.3. The third-order valence-corrected chi connectivity index (χ3v) is 3.75. The van der Waals surface area contributed by atoms with Crippen LogP contribution in [-0.2, 0) is 4.79 Å². The number of rotatable bonds is 4. The van der Waals surface area contributed by atoms with Crippen LogP contribution in [0.25, 0.3) is 10.9 Å². The third-order valence-electron chi connectivity index (χ3n) is 3.75. The number of hydrogen-bond donors (Lipinski definition) is 2. The lowest BCUT2D eigenvalue weighted by molar-refractivity contribution is -0.116. The number of para-hydroxylation sites is 1. The van der Waals surface area contributed by atoms with Crippen molar-refractivity contribution < 1.29 is 18.4 Å². The smallest absolute Gasteiger partial charge is 0.256 e. The molecule has 0 fully saturated rings. The van der Waals surface area contributed by atoms with Gasteiger partial charge in [-0.1, -0.05) is 18.2 Å². The van der Waals surface area contributed by atoms with E-state index < -0.39 is 17.5 Å². The van der Waals surface area contributed by atoms with E-state index in [9.17, 15) is 18.4 Å². The second kappa shape index (κ2) is 6.72. The van der Waals surface area contributed by atoms with Gasteiger partial charge in [-0.3, -0.25) is 9.59 Å². The quantitative estimate of drug-likeness (QED) is 0.764. The molecule has 1 aromatic heterocycles. The van der Waals surface area contributed by atoms with E-state index in [1.807, 2.05) is 24.3 Å². The van der Waals surface area contributed by atoms with Gasteiger partial charge in [-0.2, -0.15) is 0 Å². The molecule has 128 valence electrons. The predicted molar refractivity (Wildman–Crippen MR) is 90.2 cm³/mol. The van der Waals surface area contributed by atoms with Crippen molar-refractivity contribution in [1.82, 2.24) is 9.88 Å². The summed E-state index contributed by atoms with van der Waals surface area (Å²) in [5.41, 5.74) is 1.40. The number of amides is 2. The van der Waals surface area contributed by atoms with Gasteiger partial charge in [0.2, 0.25) is 5.91 Å². The summed E-state index contributed by atoms with van der Waals surface area (Å²) in [5.74, 6) is -2.88. The first kappa shape index (κ1) is 16.6. The van der Waals surface area contributed by atoms with Gasteiger partial charge >= 0.3 is 0 Å². The van der Waals surface area contributed by atoms with Gasteiger partial charge in [0.25, 0.3) is 5.91 Å². The zero-order valence-corrected chi connectivity index (χ0v) is 13.3. The Labute approximate surface area is 142 Å². The summed E-state index contributed by atoms with van der Waals surface area (Å²) in [6, 6.07) is 10.4. The number of anilines is 1. The molecule has 3 rings (SSSR count). The lowest BCUT2D eigenvalue weighted by Gasteiger charge is -2.16. The Morgan fingerprint density at radius 1 is 1.12 bits per heavy atom. The Bertz CT molecular complexity index is 952. The van der Waals surface area contributed by atoms with Crippen LogP contribution in [0.15, 0.2) is 48.7 Å². The topological polar surface area (TPSA) is 65.2 Å². The van der Waals surface area contributed by atoms with Crippen molar-refractivity contribution in [1.29, 1.82) is 0 Å². The zero-order chi connectivity index (χ0) is 18.0. The molecule has 1 heterocycles. The first-order chi connectivity index (χ1) is 12.0.